The Hall–Kier alpha value is -2.34. The van der Waals surface area contributed by atoms with Gasteiger partial charge in [0.1, 0.15) is 6.04 Å². The van der Waals surface area contributed by atoms with E-state index in [2.05, 4.69) is 10.5 Å². The second-order valence-electron chi connectivity index (χ2n) is 6.56. The number of carbonyl (C=O) groups is 2. The lowest BCUT2D eigenvalue weighted by Gasteiger charge is -2.22. The number of ketones is 1. The molecule has 2 atom stereocenters. The van der Waals surface area contributed by atoms with Gasteiger partial charge in [0.2, 0.25) is 0 Å². The van der Waals surface area contributed by atoms with Crippen LogP contribution in [0.2, 0.25) is 0 Å². The van der Waals surface area contributed by atoms with E-state index in [9.17, 15) is 9.59 Å². The first-order chi connectivity index (χ1) is 12.5. The molecule has 0 aliphatic heterocycles. The number of anilines is 1. The van der Waals surface area contributed by atoms with Crippen LogP contribution in [0.25, 0.3) is 0 Å². The quantitative estimate of drug-likeness (QED) is 0.430. The SMILES string of the molecule is COC(=O)C(Nc1ccc(C(=O)c2cnoc2C2CC2)cc1)C(C)CCl. The van der Waals surface area contributed by atoms with E-state index in [1.165, 1.54) is 13.3 Å². The number of ether oxygens (including phenoxy) is 1. The topological polar surface area (TPSA) is 81.4 Å². The van der Waals surface area contributed by atoms with E-state index in [-0.39, 0.29) is 17.7 Å². The van der Waals surface area contributed by atoms with Gasteiger partial charge in [-0.3, -0.25) is 4.79 Å². The lowest BCUT2D eigenvalue weighted by molar-refractivity contribution is -0.142. The molecule has 1 heterocycles. The van der Waals surface area contributed by atoms with E-state index in [4.69, 9.17) is 20.9 Å². The number of carbonyl (C=O) groups excluding carboxylic acids is 2. The van der Waals surface area contributed by atoms with Crippen molar-refractivity contribution in [2.45, 2.75) is 31.7 Å². The van der Waals surface area contributed by atoms with Crippen LogP contribution in [0.1, 0.15) is 47.4 Å². The standard InChI is InChI=1S/C19H21ClN2O4/c1-11(9-20)16(19(24)25-2)22-14-7-5-12(6-8-14)17(23)15-10-21-26-18(15)13-3-4-13/h5-8,10-11,13,16,22H,3-4,9H2,1-2H3. The van der Waals surface area contributed by atoms with Crippen molar-refractivity contribution >= 4 is 29.0 Å². The molecule has 2 unspecified atom stereocenters. The van der Waals surface area contributed by atoms with E-state index in [0.717, 1.165) is 12.8 Å². The summed E-state index contributed by atoms with van der Waals surface area (Å²) < 4.78 is 10.1. The van der Waals surface area contributed by atoms with Gasteiger partial charge in [-0.15, -0.1) is 11.6 Å². The van der Waals surface area contributed by atoms with Crippen LogP contribution >= 0.6 is 11.6 Å². The number of hydrogen-bond acceptors (Lipinski definition) is 6. The number of alkyl halides is 1. The summed E-state index contributed by atoms with van der Waals surface area (Å²) in [5, 5.41) is 6.89. The Labute approximate surface area is 156 Å². The molecule has 1 aliphatic carbocycles. The number of nitrogens with one attached hydrogen (secondary N) is 1. The highest BCUT2D eigenvalue weighted by atomic mass is 35.5. The zero-order valence-electron chi connectivity index (χ0n) is 14.7. The summed E-state index contributed by atoms with van der Waals surface area (Å²) in [6, 6.07) is 6.39. The number of esters is 1. The Bertz CT molecular complexity index is 783. The van der Waals surface area contributed by atoms with Crippen LogP contribution in [-0.4, -0.2) is 35.9 Å². The van der Waals surface area contributed by atoms with Crippen molar-refractivity contribution < 1.29 is 18.8 Å². The maximum Gasteiger partial charge on any atom is 0.328 e. The molecule has 0 spiro atoms. The molecule has 2 aromatic rings. The molecule has 7 heteroatoms. The molecule has 0 amide bonds. The first-order valence-corrected chi connectivity index (χ1v) is 9.08. The zero-order valence-corrected chi connectivity index (χ0v) is 15.5. The molecule has 0 saturated heterocycles. The third-order valence-corrected chi connectivity index (χ3v) is 5.01. The minimum Gasteiger partial charge on any atom is -0.467 e. The maximum absolute atomic E-state index is 12.7. The Kier molecular flexibility index (Phi) is 5.61. The monoisotopic (exact) mass is 376 g/mol. The van der Waals surface area contributed by atoms with Gasteiger partial charge in [-0.2, -0.15) is 0 Å². The van der Waals surface area contributed by atoms with Crippen molar-refractivity contribution in [2.75, 3.05) is 18.3 Å². The fourth-order valence-corrected chi connectivity index (χ4v) is 2.94. The van der Waals surface area contributed by atoms with Crippen molar-refractivity contribution in [2.24, 2.45) is 5.92 Å². The smallest absolute Gasteiger partial charge is 0.328 e. The summed E-state index contributed by atoms with van der Waals surface area (Å²) in [6.45, 7) is 1.87. The number of hydrogen-bond donors (Lipinski definition) is 1. The van der Waals surface area contributed by atoms with Crippen LogP contribution < -0.4 is 5.32 Å². The number of aromatic nitrogens is 1. The third-order valence-electron chi connectivity index (χ3n) is 4.53. The minimum atomic E-state index is -0.557. The molecule has 3 rings (SSSR count). The number of methoxy groups -OCH3 is 1. The molecule has 0 bridgehead atoms. The molecule has 138 valence electrons. The number of nitrogens with zero attached hydrogens (tertiary/aromatic N) is 1. The molecule has 26 heavy (non-hydrogen) atoms. The average Bonchev–Trinajstić information content (AvgIpc) is 3.41. The van der Waals surface area contributed by atoms with Crippen molar-refractivity contribution in [3.63, 3.8) is 0 Å². The van der Waals surface area contributed by atoms with E-state index >= 15 is 0 Å². The summed E-state index contributed by atoms with van der Waals surface area (Å²) in [5.74, 6) is 0.716. The number of rotatable bonds is 8. The van der Waals surface area contributed by atoms with Gasteiger partial charge in [0.05, 0.1) is 18.9 Å². The molecule has 1 saturated carbocycles. The summed E-state index contributed by atoms with van der Waals surface area (Å²) in [7, 11) is 1.34. The van der Waals surface area contributed by atoms with E-state index in [0.29, 0.717) is 34.4 Å². The van der Waals surface area contributed by atoms with Crippen molar-refractivity contribution in [3.8, 4) is 0 Å². The van der Waals surface area contributed by atoms with Crippen molar-refractivity contribution in [3.05, 3.63) is 47.3 Å². The largest absolute Gasteiger partial charge is 0.467 e. The molecule has 1 aromatic heterocycles. The molecule has 1 aliphatic rings. The Morgan fingerprint density at radius 3 is 2.62 bits per heavy atom. The fourth-order valence-electron chi connectivity index (χ4n) is 2.76. The molecule has 0 radical (unpaired) electrons. The van der Waals surface area contributed by atoms with Gasteiger partial charge in [-0.1, -0.05) is 12.1 Å². The zero-order chi connectivity index (χ0) is 18.7. The summed E-state index contributed by atoms with van der Waals surface area (Å²) in [5.41, 5.74) is 1.78. The third kappa shape index (κ3) is 3.90. The van der Waals surface area contributed by atoms with Crippen LogP contribution in [-0.2, 0) is 9.53 Å². The Morgan fingerprint density at radius 1 is 1.35 bits per heavy atom. The highest BCUT2D eigenvalue weighted by Crippen LogP contribution is 2.42. The van der Waals surface area contributed by atoms with E-state index < -0.39 is 6.04 Å². The molecular formula is C19H21ClN2O4. The van der Waals surface area contributed by atoms with Gasteiger partial charge in [0.15, 0.2) is 11.5 Å². The highest BCUT2D eigenvalue weighted by molar-refractivity contribution is 6.18. The summed E-state index contributed by atoms with van der Waals surface area (Å²) in [4.78, 5) is 24.6. The van der Waals surface area contributed by atoms with Gasteiger partial charge in [-0.05, 0) is 37.1 Å². The molecule has 1 N–H and O–H groups in total. The van der Waals surface area contributed by atoms with Gasteiger partial charge < -0.3 is 14.6 Å². The van der Waals surface area contributed by atoms with Crippen LogP contribution in [0.15, 0.2) is 35.0 Å². The molecule has 1 aromatic carbocycles. The second kappa shape index (κ2) is 7.91. The number of halogens is 1. The summed E-state index contributed by atoms with van der Waals surface area (Å²) in [6.07, 6.45) is 3.55. The maximum atomic E-state index is 12.7. The molecular weight excluding hydrogens is 356 g/mol. The lowest BCUT2D eigenvalue weighted by Crippen LogP contribution is -2.37. The first kappa shape index (κ1) is 18.5. The minimum absolute atomic E-state index is 0.108. The van der Waals surface area contributed by atoms with Crippen molar-refractivity contribution in [1.29, 1.82) is 0 Å². The highest BCUT2D eigenvalue weighted by Gasteiger charge is 2.32. The van der Waals surface area contributed by atoms with Gasteiger partial charge in [0.25, 0.3) is 0 Å². The van der Waals surface area contributed by atoms with Crippen LogP contribution in [0.4, 0.5) is 5.69 Å². The van der Waals surface area contributed by atoms with Gasteiger partial charge in [-0.25, -0.2) is 4.79 Å². The summed E-state index contributed by atoms with van der Waals surface area (Å²) >= 11 is 5.88. The van der Waals surface area contributed by atoms with Gasteiger partial charge >= 0.3 is 5.97 Å². The predicted molar refractivity (Wildman–Crippen MR) is 97.7 cm³/mol. The lowest BCUT2D eigenvalue weighted by atomic mass is 10.0. The van der Waals surface area contributed by atoms with E-state index in [1.54, 1.807) is 24.3 Å². The number of benzene rings is 1. The normalized spacial score (nSPS) is 16.0. The van der Waals surface area contributed by atoms with Crippen LogP contribution in [0, 0.1) is 5.92 Å². The van der Waals surface area contributed by atoms with Crippen molar-refractivity contribution in [1.82, 2.24) is 5.16 Å². The predicted octanol–water partition coefficient (Wildman–Crippen LogP) is 3.61. The fraction of sp³-hybridized carbons (Fsp3) is 0.421. The Morgan fingerprint density at radius 2 is 2.04 bits per heavy atom. The second-order valence-corrected chi connectivity index (χ2v) is 6.87. The van der Waals surface area contributed by atoms with E-state index in [1.807, 2.05) is 6.92 Å². The van der Waals surface area contributed by atoms with Gasteiger partial charge in [0, 0.05) is 29.0 Å². The first-order valence-electron chi connectivity index (χ1n) is 8.54. The molecule has 1 fully saturated rings. The molecule has 6 nitrogen and oxygen atoms in total. The average molecular weight is 377 g/mol. The van der Waals surface area contributed by atoms with Crippen LogP contribution in [0.5, 0.6) is 0 Å². The Balaban J connectivity index is 1.74. The van der Waals surface area contributed by atoms with Crippen LogP contribution in [0.3, 0.4) is 0 Å².